The molecule has 0 atom stereocenters. The highest BCUT2D eigenvalue weighted by Gasteiger charge is 2.23. The van der Waals surface area contributed by atoms with Gasteiger partial charge < -0.3 is 14.9 Å². The molecule has 0 unspecified atom stereocenters. The number of anilines is 1. The molecule has 4 rings (SSSR count). The van der Waals surface area contributed by atoms with Crippen LogP contribution in [0, 0.1) is 0 Å². The Labute approximate surface area is 157 Å². The molecule has 0 fully saturated rings. The number of aromatic nitrogens is 2. The van der Waals surface area contributed by atoms with Crippen molar-refractivity contribution in [3.05, 3.63) is 60.4 Å². The summed E-state index contributed by atoms with van der Waals surface area (Å²) in [6.45, 7) is 4.35. The Balaban J connectivity index is 2.03. The van der Waals surface area contributed by atoms with Gasteiger partial charge in [-0.2, -0.15) is 0 Å². The molecular formula is C22H21N3O2. The minimum Gasteiger partial charge on any atom is -0.496 e. The van der Waals surface area contributed by atoms with Crippen molar-refractivity contribution in [2.45, 2.75) is 19.8 Å². The lowest BCUT2D eigenvalue weighted by atomic mass is 9.95. The fourth-order valence-electron chi connectivity index (χ4n) is 3.29. The SMILES string of the molecule is COc1ccccc1-c1oc2ncnc(N)c2c1-c1ccc(C(C)C)cc1. The van der Waals surface area contributed by atoms with E-state index in [0.717, 1.165) is 27.8 Å². The van der Waals surface area contributed by atoms with Crippen molar-refractivity contribution >= 4 is 16.9 Å². The van der Waals surface area contributed by atoms with Gasteiger partial charge in [-0.1, -0.05) is 50.2 Å². The Morgan fingerprint density at radius 1 is 1.00 bits per heavy atom. The molecule has 0 saturated heterocycles. The molecule has 0 aliphatic carbocycles. The van der Waals surface area contributed by atoms with Gasteiger partial charge in [0.05, 0.1) is 18.1 Å². The number of nitrogen functional groups attached to an aromatic ring is 1. The number of ether oxygens (including phenoxy) is 1. The Hall–Kier alpha value is -3.34. The molecule has 2 aromatic carbocycles. The zero-order valence-electron chi connectivity index (χ0n) is 15.6. The van der Waals surface area contributed by atoms with Gasteiger partial charge in [-0.25, -0.2) is 9.97 Å². The van der Waals surface area contributed by atoms with E-state index in [1.54, 1.807) is 7.11 Å². The predicted molar refractivity (Wildman–Crippen MR) is 108 cm³/mol. The summed E-state index contributed by atoms with van der Waals surface area (Å²) >= 11 is 0. The highest BCUT2D eigenvalue weighted by molar-refractivity contribution is 6.05. The quantitative estimate of drug-likeness (QED) is 0.537. The number of benzene rings is 2. The summed E-state index contributed by atoms with van der Waals surface area (Å²) in [5.41, 5.74) is 10.7. The molecule has 4 aromatic rings. The highest BCUT2D eigenvalue weighted by Crippen LogP contribution is 2.44. The van der Waals surface area contributed by atoms with Crippen molar-refractivity contribution < 1.29 is 9.15 Å². The lowest BCUT2D eigenvalue weighted by Crippen LogP contribution is -1.93. The first-order valence-corrected chi connectivity index (χ1v) is 8.87. The van der Waals surface area contributed by atoms with Crippen molar-refractivity contribution in [3.8, 4) is 28.2 Å². The van der Waals surface area contributed by atoms with Gasteiger partial charge >= 0.3 is 0 Å². The van der Waals surface area contributed by atoms with Crippen LogP contribution < -0.4 is 10.5 Å². The molecule has 5 nitrogen and oxygen atoms in total. The summed E-state index contributed by atoms with van der Waals surface area (Å²) in [7, 11) is 1.65. The van der Waals surface area contributed by atoms with E-state index in [4.69, 9.17) is 14.9 Å². The van der Waals surface area contributed by atoms with E-state index < -0.39 is 0 Å². The average molecular weight is 359 g/mol. The molecule has 2 aromatic heterocycles. The maximum atomic E-state index is 6.19. The van der Waals surface area contributed by atoms with Crippen molar-refractivity contribution in [3.63, 3.8) is 0 Å². The van der Waals surface area contributed by atoms with Gasteiger partial charge in [-0.3, -0.25) is 0 Å². The monoisotopic (exact) mass is 359 g/mol. The molecule has 0 aliphatic rings. The van der Waals surface area contributed by atoms with E-state index in [0.29, 0.717) is 23.2 Å². The molecule has 0 bridgehead atoms. The number of para-hydroxylation sites is 1. The summed E-state index contributed by atoms with van der Waals surface area (Å²) in [4.78, 5) is 8.44. The summed E-state index contributed by atoms with van der Waals surface area (Å²) in [6.07, 6.45) is 1.42. The predicted octanol–water partition coefficient (Wildman–Crippen LogP) is 5.27. The van der Waals surface area contributed by atoms with Gasteiger partial charge in [0.25, 0.3) is 0 Å². The second kappa shape index (κ2) is 6.76. The van der Waals surface area contributed by atoms with Crippen LogP contribution in [0.3, 0.4) is 0 Å². The lowest BCUT2D eigenvalue weighted by Gasteiger charge is -2.10. The first-order valence-electron chi connectivity index (χ1n) is 8.87. The van der Waals surface area contributed by atoms with Crippen LogP contribution in [0.1, 0.15) is 25.3 Å². The largest absolute Gasteiger partial charge is 0.496 e. The van der Waals surface area contributed by atoms with Crippen LogP contribution in [-0.2, 0) is 0 Å². The standard InChI is InChI=1S/C22H21N3O2/c1-13(2)14-8-10-15(11-9-14)18-19-21(23)24-12-25-22(19)27-20(18)16-6-4-5-7-17(16)26-3/h4-13H,1-3H3,(H2,23,24,25). The van der Waals surface area contributed by atoms with E-state index in [1.807, 2.05) is 24.3 Å². The maximum absolute atomic E-state index is 6.19. The molecule has 136 valence electrons. The number of hydrogen-bond acceptors (Lipinski definition) is 5. The fourth-order valence-corrected chi connectivity index (χ4v) is 3.29. The van der Waals surface area contributed by atoms with Crippen LogP contribution in [0.2, 0.25) is 0 Å². The first-order chi connectivity index (χ1) is 13.1. The normalized spacial score (nSPS) is 11.3. The summed E-state index contributed by atoms with van der Waals surface area (Å²) < 4.78 is 11.7. The molecule has 0 amide bonds. The van der Waals surface area contributed by atoms with Crippen LogP contribution in [0.25, 0.3) is 33.6 Å². The molecule has 2 N–H and O–H groups in total. The maximum Gasteiger partial charge on any atom is 0.232 e. The third kappa shape index (κ3) is 2.91. The summed E-state index contributed by atoms with van der Waals surface area (Å²) in [5, 5.41) is 0.718. The third-order valence-corrected chi connectivity index (χ3v) is 4.74. The van der Waals surface area contributed by atoms with Crippen LogP contribution >= 0.6 is 0 Å². The van der Waals surface area contributed by atoms with Crippen LogP contribution in [0.5, 0.6) is 5.75 Å². The topological polar surface area (TPSA) is 74.2 Å². The lowest BCUT2D eigenvalue weighted by molar-refractivity contribution is 0.415. The van der Waals surface area contributed by atoms with Gasteiger partial charge in [0.1, 0.15) is 23.7 Å². The number of nitrogens with two attached hydrogens (primary N) is 1. The number of furan rings is 1. The van der Waals surface area contributed by atoms with Crippen LogP contribution in [0.4, 0.5) is 5.82 Å². The van der Waals surface area contributed by atoms with Crippen LogP contribution in [0.15, 0.2) is 59.3 Å². The molecular weight excluding hydrogens is 338 g/mol. The van der Waals surface area contributed by atoms with E-state index in [9.17, 15) is 0 Å². The molecule has 0 saturated carbocycles. The minimum atomic E-state index is 0.396. The summed E-state index contributed by atoms with van der Waals surface area (Å²) in [5.74, 6) is 2.25. The minimum absolute atomic E-state index is 0.396. The van der Waals surface area contributed by atoms with Crippen molar-refractivity contribution in [1.82, 2.24) is 9.97 Å². The van der Waals surface area contributed by atoms with E-state index in [-0.39, 0.29) is 0 Å². The van der Waals surface area contributed by atoms with E-state index in [2.05, 4.69) is 48.1 Å². The highest BCUT2D eigenvalue weighted by atomic mass is 16.5. The Kier molecular flexibility index (Phi) is 4.28. The van der Waals surface area contributed by atoms with Gasteiger partial charge in [-0.15, -0.1) is 0 Å². The number of hydrogen-bond donors (Lipinski definition) is 1. The van der Waals surface area contributed by atoms with Crippen molar-refractivity contribution in [2.75, 3.05) is 12.8 Å². The first kappa shape index (κ1) is 17.1. The Bertz CT molecular complexity index is 1100. The number of fused-ring (bicyclic) bond motifs is 1. The number of methoxy groups -OCH3 is 1. The zero-order valence-corrected chi connectivity index (χ0v) is 15.6. The second-order valence-electron chi connectivity index (χ2n) is 6.72. The molecule has 0 aliphatic heterocycles. The smallest absolute Gasteiger partial charge is 0.232 e. The number of rotatable bonds is 4. The Morgan fingerprint density at radius 2 is 1.74 bits per heavy atom. The van der Waals surface area contributed by atoms with E-state index in [1.165, 1.54) is 11.9 Å². The molecule has 5 heteroatoms. The average Bonchev–Trinajstić information content (AvgIpc) is 3.08. The zero-order chi connectivity index (χ0) is 19.0. The Morgan fingerprint density at radius 3 is 2.44 bits per heavy atom. The number of nitrogens with zero attached hydrogens (tertiary/aromatic N) is 2. The van der Waals surface area contributed by atoms with Gasteiger partial charge in [-0.05, 0) is 29.2 Å². The molecule has 0 radical (unpaired) electrons. The van der Waals surface area contributed by atoms with Gasteiger partial charge in [0.2, 0.25) is 5.71 Å². The van der Waals surface area contributed by atoms with E-state index >= 15 is 0 Å². The molecule has 27 heavy (non-hydrogen) atoms. The third-order valence-electron chi connectivity index (χ3n) is 4.74. The van der Waals surface area contributed by atoms with Gasteiger partial charge in [0, 0.05) is 5.56 Å². The molecule has 0 spiro atoms. The van der Waals surface area contributed by atoms with Crippen molar-refractivity contribution in [1.29, 1.82) is 0 Å². The van der Waals surface area contributed by atoms with Gasteiger partial charge in [0.15, 0.2) is 0 Å². The summed E-state index contributed by atoms with van der Waals surface area (Å²) in [6, 6.07) is 16.2. The fraction of sp³-hybridized carbons (Fsp3) is 0.182. The van der Waals surface area contributed by atoms with Crippen LogP contribution in [-0.4, -0.2) is 17.1 Å². The second-order valence-corrected chi connectivity index (χ2v) is 6.72. The molecule has 2 heterocycles. The van der Waals surface area contributed by atoms with Crippen molar-refractivity contribution in [2.24, 2.45) is 0 Å².